The first kappa shape index (κ1) is 13.4. The molecule has 6 heteroatoms. The van der Waals surface area contributed by atoms with Crippen LogP contribution in [-0.2, 0) is 9.59 Å². The van der Waals surface area contributed by atoms with Gasteiger partial charge in [-0.1, -0.05) is 0 Å². The van der Waals surface area contributed by atoms with Crippen molar-refractivity contribution in [1.29, 1.82) is 0 Å². The van der Waals surface area contributed by atoms with E-state index in [1.807, 2.05) is 0 Å². The van der Waals surface area contributed by atoms with Gasteiger partial charge in [0.25, 0.3) is 0 Å². The second-order valence-corrected chi connectivity index (χ2v) is 3.06. The zero-order valence-corrected chi connectivity index (χ0v) is 8.84. The fourth-order valence-electron chi connectivity index (χ4n) is 0.866. The maximum Gasteiger partial charge on any atom is 0.314 e. The lowest BCUT2D eigenvalue weighted by atomic mass is 10.3. The summed E-state index contributed by atoms with van der Waals surface area (Å²) in [7, 11) is 0. The molecule has 0 bridgehead atoms. The molecule has 0 heterocycles. The molecule has 0 unspecified atom stereocenters. The molecule has 0 aromatic carbocycles. The number of urea groups is 1. The molecule has 6 nitrogen and oxygen atoms in total. The predicted molar refractivity (Wildman–Crippen MR) is 55.4 cm³/mol. The molecule has 0 radical (unpaired) electrons. The average molecular weight is 215 g/mol. The van der Waals surface area contributed by atoms with Crippen molar-refractivity contribution >= 4 is 18.2 Å². The van der Waals surface area contributed by atoms with Gasteiger partial charge in [0.1, 0.15) is 5.78 Å². The van der Waals surface area contributed by atoms with Gasteiger partial charge in [-0.3, -0.25) is 9.59 Å². The molecular formula is C9H17N3O3. The molecule has 0 spiro atoms. The van der Waals surface area contributed by atoms with E-state index in [0.29, 0.717) is 38.9 Å². The Bertz CT molecular complexity index is 219. The van der Waals surface area contributed by atoms with Crippen LogP contribution in [-0.4, -0.2) is 37.9 Å². The standard InChI is InChI=1S/C9H17N3O3/c1-8(14)3-6-12-9(15)11-5-2-4-10-7-13/h7H,2-6H2,1H3,(H,10,13)(H2,11,12,15). The summed E-state index contributed by atoms with van der Waals surface area (Å²) in [6, 6.07) is -0.289. The van der Waals surface area contributed by atoms with Crippen LogP contribution in [0, 0.1) is 0 Å². The van der Waals surface area contributed by atoms with Gasteiger partial charge in [-0.15, -0.1) is 0 Å². The first-order chi connectivity index (χ1) is 7.16. The molecule has 0 aliphatic rings. The molecule has 0 atom stereocenters. The van der Waals surface area contributed by atoms with Gasteiger partial charge >= 0.3 is 6.03 Å². The molecule has 0 aromatic heterocycles. The summed E-state index contributed by atoms with van der Waals surface area (Å²) < 4.78 is 0. The van der Waals surface area contributed by atoms with Gasteiger partial charge in [-0.05, 0) is 13.3 Å². The molecule has 0 aromatic rings. The molecule has 3 N–H and O–H groups in total. The maximum absolute atomic E-state index is 11.0. The summed E-state index contributed by atoms with van der Waals surface area (Å²) in [5.41, 5.74) is 0. The van der Waals surface area contributed by atoms with Gasteiger partial charge < -0.3 is 16.0 Å². The Kier molecular flexibility index (Phi) is 8.03. The van der Waals surface area contributed by atoms with Crippen LogP contribution in [0.4, 0.5) is 4.79 Å². The number of Topliss-reactive ketones (excluding diaryl/α,β-unsaturated/α-hetero) is 1. The number of hydrogen-bond acceptors (Lipinski definition) is 3. The summed E-state index contributed by atoms with van der Waals surface area (Å²) >= 11 is 0. The number of hydrogen-bond donors (Lipinski definition) is 3. The fraction of sp³-hybridized carbons (Fsp3) is 0.667. The van der Waals surface area contributed by atoms with Crippen LogP contribution in [0.25, 0.3) is 0 Å². The average Bonchev–Trinajstić information content (AvgIpc) is 2.17. The highest BCUT2D eigenvalue weighted by Gasteiger charge is 1.99. The van der Waals surface area contributed by atoms with Gasteiger partial charge in [0.2, 0.25) is 6.41 Å². The molecule has 0 saturated carbocycles. The lowest BCUT2D eigenvalue weighted by Crippen LogP contribution is -2.37. The molecule has 15 heavy (non-hydrogen) atoms. The third-order valence-electron chi connectivity index (χ3n) is 1.63. The number of nitrogens with one attached hydrogen (secondary N) is 3. The predicted octanol–water partition coefficient (Wildman–Crippen LogP) is -0.599. The number of ketones is 1. The Morgan fingerprint density at radius 3 is 2.40 bits per heavy atom. The van der Waals surface area contributed by atoms with Crippen molar-refractivity contribution in [2.24, 2.45) is 0 Å². The van der Waals surface area contributed by atoms with Crippen LogP contribution in [0.1, 0.15) is 19.8 Å². The monoisotopic (exact) mass is 215 g/mol. The molecule has 0 aliphatic heterocycles. The Morgan fingerprint density at radius 2 is 1.80 bits per heavy atom. The van der Waals surface area contributed by atoms with Crippen molar-refractivity contribution in [2.45, 2.75) is 19.8 Å². The lowest BCUT2D eigenvalue weighted by Gasteiger charge is -2.06. The number of rotatable bonds is 8. The van der Waals surface area contributed by atoms with Crippen molar-refractivity contribution in [3.8, 4) is 0 Å². The smallest absolute Gasteiger partial charge is 0.314 e. The van der Waals surface area contributed by atoms with E-state index in [2.05, 4.69) is 16.0 Å². The van der Waals surface area contributed by atoms with E-state index in [4.69, 9.17) is 0 Å². The van der Waals surface area contributed by atoms with Gasteiger partial charge in [0.05, 0.1) is 0 Å². The molecule has 3 amide bonds. The van der Waals surface area contributed by atoms with Crippen molar-refractivity contribution in [3.05, 3.63) is 0 Å². The molecule has 86 valence electrons. The minimum Gasteiger partial charge on any atom is -0.359 e. The highest BCUT2D eigenvalue weighted by Crippen LogP contribution is 1.78. The molecule has 0 fully saturated rings. The van der Waals surface area contributed by atoms with Crippen molar-refractivity contribution < 1.29 is 14.4 Å². The fourth-order valence-corrected chi connectivity index (χ4v) is 0.866. The molecule has 0 aliphatic carbocycles. The first-order valence-electron chi connectivity index (χ1n) is 4.85. The summed E-state index contributed by atoms with van der Waals surface area (Å²) in [6.45, 7) is 2.86. The number of carbonyl (C=O) groups is 3. The van der Waals surface area contributed by atoms with E-state index in [-0.39, 0.29) is 11.8 Å². The van der Waals surface area contributed by atoms with Gasteiger partial charge in [0, 0.05) is 26.1 Å². The van der Waals surface area contributed by atoms with Crippen molar-refractivity contribution in [2.75, 3.05) is 19.6 Å². The van der Waals surface area contributed by atoms with Crippen LogP contribution in [0.5, 0.6) is 0 Å². The minimum absolute atomic E-state index is 0.0467. The topological polar surface area (TPSA) is 87.3 Å². The third-order valence-corrected chi connectivity index (χ3v) is 1.63. The van der Waals surface area contributed by atoms with Crippen LogP contribution >= 0.6 is 0 Å². The summed E-state index contributed by atoms with van der Waals surface area (Å²) in [6.07, 6.45) is 1.64. The Hall–Kier alpha value is -1.59. The largest absolute Gasteiger partial charge is 0.359 e. The molecule has 0 rings (SSSR count). The SMILES string of the molecule is CC(=O)CCNC(=O)NCCCNC=O. The summed E-state index contributed by atoms with van der Waals surface area (Å²) in [5.74, 6) is 0.0467. The maximum atomic E-state index is 11.0. The highest BCUT2D eigenvalue weighted by atomic mass is 16.2. The van der Waals surface area contributed by atoms with Crippen LogP contribution in [0.15, 0.2) is 0 Å². The minimum atomic E-state index is -0.289. The molecular weight excluding hydrogens is 198 g/mol. The van der Waals surface area contributed by atoms with E-state index in [0.717, 1.165) is 0 Å². The highest BCUT2D eigenvalue weighted by molar-refractivity contribution is 5.77. The van der Waals surface area contributed by atoms with Gasteiger partial charge in [-0.25, -0.2) is 4.79 Å². The van der Waals surface area contributed by atoms with E-state index in [1.54, 1.807) is 0 Å². The lowest BCUT2D eigenvalue weighted by molar-refractivity contribution is -0.116. The van der Waals surface area contributed by atoms with E-state index in [1.165, 1.54) is 6.92 Å². The van der Waals surface area contributed by atoms with Crippen molar-refractivity contribution in [3.63, 3.8) is 0 Å². The second-order valence-electron chi connectivity index (χ2n) is 3.06. The Balaban J connectivity index is 3.25. The first-order valence-corrected chi connectivity index (χ1v) is 4.85. The second kappa shape index (κ2) is 8.98. The quantitative estimate of drug-likeness (QED) is 0.373. The summed E-state index contributed by atoms with van der Waals surface area (Å²) in [4.78, 5) is 31.4. The van der Waals surface area contributed by atoms with Crippen LogP contribution in [0.2, 0.25) is 0 Å². The van der Waals surface area contributed by atoms with E-state index < -0.39 is 0 Å². The Morgan fingerprint density at radius 1 is 1.13 bits per heavy atom. The number of amides is 3. The van der Waals surface area contributed by atoms with Gasteiger partial charge in [0.15, 0.2) is 0 Å². The zero-order chi connectivity index (χ0) is 11.5. The Labute approximate surface area is 88.8 Å². The normalized spacial score (nSPS) is 9.13. The molecule has 0 saturated heterocycles. The van der Waals surface area contributed by atoms with Crippen molar-refractivity contribution in [1.82, 2.24) is 16.0 Å². The van der Waals surface area contributed by atoms with E-state index >= 15 is 0 Å². The van der Waals surface area contributed by atoms with E-state index in [9.17, 15) is 14.4 Å². The van der Waals surface area contributed by atoms with Gasteiger partial charge in [-0.2, -0.15) is 0 Å². The zero-order valence-electron chi connectivity index (χ0n) is 8.84. The third kappa shape index (κ3) is 10.3. The summed E-state index contributed by atoms with van der Waals surface area (Å²) in [5, 5.41) is 7.63. The van der Waals surface area contributed by atoms with Crippen LogP contribution in [0.3, 0.4) is 0 Å². The number of carbonyl (C=O) groups excluding carboxylic acids is 3. The van der Waals surface area contributed by atoms with Crippen LogP contribution < -0.4 is 16.0 Å².